The Balaban J connectivity index is 2.58. The highest BCUT2D eigenvalue weighted by molar-refractivity contribution is 6.20. The van der Waals surface area contributed by atoms with Crippen LogP contribution in [0.15, 0.2) is 18.3 Å². The average molecular weight is 198 g/mol. The van der Waals surface area contributed by atoms with Gasteiger partial charge in [0.25, 0.3) is 0 Å². The number of aryl methyl sites for hydroxylation is 1. The molecule has 1 nitrogen and oxygen atoms in total. The minimum atomic E-state index is 0.235. The van der Waals surface area contributed by atoms with Crippen molar-refractivity contribution in [3.63, 3.8) is 0 Å². The monoisotopic (exact) mass is 197 g/mol. The van der Waals surface area contributed by atoms with Gasteiger partial charge in [-0.1, -0.05) is 19.4 Å². The first kappa shape index (κ1) is 10.5. The molecule has 1 aromatic heterocycles. The van der Waals surface area contributed by atoms with Crippen molar-refractivity contribution >= 4 is 11.6 Å². The van der Waals surface area contributed by atoms with Crippen molar-refractivity contribution in [1.29, 1.82) is 0 Å². The molecule has 72 valence electrons. The van der Waals surface area contributed by atoms with Crippen molar-refractivity contribution < 1.29 is 0 Å². The first-order chi connectivity index (χ1) is 6.24. The molecule has 0 aliphatic heterocycles. The Kier molecular flexibility index (Phi) is 4.23. The van der Waals surface area contributed by atoms with E-state index in [0.29, 0.717) is 0 Å². The van der Waals surface area contributed by atoms with Gasteiger partial charge in [0.2, 0.25) is 0 Å². The van der Waals surface area contributed by atoms with Gasteiger partial charge in [-0.15, -0.1) is 11.6 Å². The van der Waals surface area contributed by atoms with Crippen LogP contribution in [-0.4, -0.2) is 10.4 Å². The topological polar surface area (TPSA) is 12.9 Å². The Labute approximate surface area is 85.1 Å². The molecule has 0 aliphatic carbocycles. The fourth-order valence-electron chi connectivity index (χ4n) is 1.36. The molecule has 0 fully saturated rings. The number of hydrogen-bond acceptors (Lipinski definition) is 1. The van der Waals surface area contributed by atoms with E-state index in [2.05, 4.69) is 24.9 Å². The molecule has 1 atom stereocenters. The Bertz CT molecular complexity index is 260. The van der Waals surface area contributed by atoms with Crippen molar-refractivity contribution in [3.8, 4) is 0 Å². The summed E-state index contributed by atoms with van der Waals surface area (Å²) in [4.78, 5) is 4.32. The second-order valence-electron chi connectivity index (χ2n) is 3.36. The van der Waals surface area contributed by atoms with Crippen molar-refractivity contribution in [2.75, 3.05) is 0 Å². The average Bonchev–Trinajstić information content (AvgIpc) is 2.09. The summed E-state index contributed by atoms with van der Waals surface area (Å²) in [5.74, 6) is 0. The Morgan fingerprint density at radius 3 is 2.92 bits per heavy atom. The van der Waals surface area contributed by atoms with E-state index in [-0.39, 0.29) is 5.38 Å². The summed E-state index contributed by atoms with van der Waals surface area (Å²) in [6.07, 6.45) is 4.93. The molecule has 1 aromatic rings. The lowest BCUT2D eigenvalue weighted by molar-refractivity contribution is 0.713. The van der Waals surface area contributed by atoms with E-state index in [4.69, 9.17) is 11.6 Å². The third kappa shape index (κ3) is 3.35. The van der Waals surface area contributed by atoms with Crippen LogP contribution in [0.1, 0.15) is 31.0 Å². The summed E-state index contributed by atoms with van der Waals surface area (Å²) in [7, 11) is 0. The first-order valence-electron chi connectivity index (χ1n) is 4.78. The van der Waals surface area contributed by atoms with Crippen LogP contribution >= 0.6 is 11.6 Å². The fraction of sp³-hybridized carbons (Fsp3) is 0.545. The van der Waals surface area contributed by atoms with E-state index in [1.807, 2.05) is 12.3 Å². The summed E-state index contributed by atoms with van der Waals surface area (Å²) >= 11 is 6.15. The smallest absolute Gasteiger partial charge is 0.0447 e. The molecule has 0 amide bonds. The van der Waals surface area contributed by atoms with Gasteiger partial charge >= 0.3 is 0 Å². The molecular formula is C11H16ClN. The number of hydrogen-bond donors (Lipinski definition) is 0. The molecule has 0 N–H and O–H groups in total. The van der Waals surface area contributed by atoms with Crippen molar-refractivity contribution in [1.82, 2.24) is 4.98 Å². The van der Waals surface area contributed by atoms with E-state index >= 15 is 0 Å². The molecule has 1 unspecified atom stereocenters. The number of alkyl halides is 1. The fourth-order valence-corrected chi connectivity index (χ4v) is 1.72. The molecule has 2 heteroatoms. The largest absolute Gasteiger partial charge is 0.261 e. The quantitative estimate of drug-likeness (QED) is 0.675. The van der Waals surface area contributed by atoms with Crippen LogP contribution in [0.2, 0.25) is 0 Å². The number of halogens is 1. The maximum atomic E-state index is 6.15. The maximum absolute atomic E-state index is 6.15. The summed E-state index contributed by atoms with van der Waals surface area (Å²) < 4.78 is 0. The minimum Gasteiger partial charge on any atom is -0.261 e. The van der Waals surface area contributed by atoms with Crippen molar-refractivity contribution in [2.24, 2.45) is 0 Å². The predicted molar refractivity (Wildman–Crippen MR) is 57.2 cm³/mol. The Morgan fingerprint density at radius 1 is 1.54 bits per heavy atom. The van der Waals surface area contributed by atoms with Crippen LogP contribution in [0.3, 0.4) is 0 Å². The molecule has 0 radical (unpaired) electrons. The number of pyridine rings is 1. The lowest BCUT2D eigenvalue weighted by atomic mass is 10.1. The molecule has 0 aromatic carbocycles. The van der Waals surface area contributed by atoms with Gasteiger partial charge in [-0.25, -0.2) is 0 Å². The van der Waals surface area contributed by atoms with Crippen LogP contribution < -0.4 is 0 Å². The number of rotatable bonds is 4. The molecule has 0 saturated heterocycles. The van der Waals surface area contributed by atoms with Crippen LogP contribution in [0.25, 0.3) is 0 Å². The summed E-state index contributed by atoms with van der Waals surface area (Å²) in [6.45, 7) is 4.23. The van der Waals surface area contributed by atoms with E-state index in [9.17, 15) is 0 Å². The van der Waals surface area contributed by atoms with Gasteiger partial charge in [0.15, 0.2) is 0 Å². The SMILES string of the molecule is CCCC(Cl)Cc1ncccc1C. The highest BCUT2D eigenvalue weighted by atomic mass is 35.5. The van der Waals surface area contributed by atoms with Gasteiger partial charge in [0, 0.05) is 23.7 Å². The number of aromatic nitrogens is 1. The standard InChI is InChI=1S/C11H16ClN/c1-3-5-10(12)8-11-9(2)6-4-7-13-11/h4,6-7,10H,3,5,8H2,1-2H3. The minimum absolute atomic E-state index is 0.235. The molecular weight excluding hydrogens is 182 g/mol. The summed E-state index contributed by atoms with van der Waals surface area (Å²) in [5, 5.41) is 0.235. The summed E-state index contributed by atoms with van der Waals surface area (Å²) in [6, 6.07) is 4.04. The molecule has 0 spiro atoms. The van der Waals surface area contributed by atoms with E-state index < -0.39 is 0 Å². The third-order valence-electron chi connectivity index (χ3n) is 2.13. The van der Waals surface area contributed by atoms with Gasteiger partial charge in [0.05, 0.1) is 0 Å². The van der Waals surface area contributed by atoms with Crippen LogP contribution in [0.5, 0.6) is 0 Å². The molecule has 1 heterocycles. The van der Waals surface area contributed by atoms with Gasteiger partial charge in [0.1, 0.15) is 0 Å². The second-order valence-corrected chi connectivity index (χ2v) is 3.97. The Hall–Kier alpha value is -0.560. The Morgan fingerprint density at radius 2 is 2.31 bits per heavy atom. The maximum Gasteiger partial charge on any atom is 0.0447 e. The van der Waals surface area contributed by atoms with Crippen LogP contribution in [0.4, 0.5) is 0 Å². The van der Waals surface area contributed by atoms with Gasteiger partial charge in [-0.3, -0.25) is 4.98 Å². The van der Waals surface area contributed by atoms with Crippen molar-refractivity contribution in [3.05, 3.63) is 29.6 Å². The van der Waals surface area contributed by atoms with E-state index in [1.54, 1.807) is 0 Å². The molecule has 13 heavy (non-hydrogen) atoms. The third-order valence-corrected chi connectivity index (χ3v) is 2.51. The summed E-state index contributed by atoms with van der Waals surface area (Å²) in [5.41, 5.74) is 2.38. The van der Waals surface area contributed by atoms with Gasteiger partial charge in [-0.2, -0.15) is 0 Å². The highest BCUT2D eigenvalue weighted by Gasteiger charge is 2.07. The molecule has 1 rings (SSSR count). The zero-order chi connectivity index (χ0) is 9.68. The first-order valence-corrected chi connectivity index (χ1v) is 5.22. The zero-order valence-electron chi connectivity index (χ0n) is 8.26. The van der Waals surface area contributed by atoms with Crippen LogP contribution in [-0.2, 0) is 6.42 Å². The van der Waals surface area contributed by atoms with Gasteiger partial charge in [-0.05, 0) is 25.0 Å². The normalized spacial score (nSPS) is 12.8. The van der Waals surface area contributed by atoms with Crippen molar-refractivity contribution in [2.45, 2.75) is 38.5 Å². The second kappa shape index (κ2) is 5.23. The lowest BCUT2D eigenvalue weighted by Gasteiger charge is -2.08. The predicted octanol–water partition coefficient (Wildman–Crippen LogP) is 3.34. The molecule has 0 aliphatic rings. The van der Waals surface area contributed by atoms with E-state index in [1.165, 1.54) is 5.56 Å². The van der Waals surface area contributed by atoms with Crippen LogP contribution in [0, 0.1) is 6.92 Å². The zero-order valence-corrected chi connectivity index (χ0v) is 9.01. The number of nitrogens with zero attached hydrogens (tertiary/aromatic N) is 1. The molecule has 0 saturated carbocycles. The molecule has 0 bridgehead atoms. The van der Waals surface area contributed by atoms with Gasteiger partial charge < -0.3 is 0 Å². The lowest BCUT2D eigenvalue weighted by Crippen LogP contribution is -2.05. The van der Waals surface area contributed by atoms with E-state index in [0.717, 1.165) is 25.0 Å². The highest BCUT2D eigenvalue weighted by Crippen LogP contribution is 2.13.